The number of nitrogens with zero attached hydrogens (tertiary/aromatic N) is 3. The number of nitrogens with one attached hydrogen (secondary N) is 2. The lowest BCUT2D eigenvalue weighted by Crippen LogP contribution is -2.41. The number of thiophene rings is 1. The zero-order chi connectivity index (χ0) is 21.4. The lowest BCUT2D eigenvalue weighted by Gasteiger charge is -2.27. The van der Waals surface area contributed by atoms with Crippen molar-refractivity contribution in [2.75, 3.05) is 23.8 Å². The summed E-state index contributed by atoms with van der Waals surface area (Å²) in [6.07, 6.45) is 2.20. The number of benzene rings is 2. The van der Waals surface area contributed by atoms with Crippen LogP contribution in [0.4, 0.5) is 20.7 Å². The fourth-order valence-corrected chi connectivity index (χ4v) is 4.56. The molecule has 1 aliphatic heterocycles. The Balaban J connectivity index is 1.31. The molecular formula is C23H20FN5OS. The number of aromatic nitrogens is 2. The first-order chi connectivity index (χ1) is 15.1. The van der Waals surface area contributed by atoms with Crippen LogP contribution in [0.5, 0.6) is 0 Å². The van der Waals surface area contributed by atoms with E-state index < -0.39 is 0 Å². The summed E-state index contributed by atoms with van der Waals surface area (Å²) in [7, 11) is 1.75. The first-order valence-corrected chi connectivity index (χ1v) is 10.8. The minimum Gasteiger partial charge on any atom is -0.370 e. The molecule has 4 aromatic rings. The third-order valence-electron chi connectivity index (χ3n) is 5.43. The second-order valence-electron chi connectivity index (χ2n) is 7.44. The van der Waals surface area contributed by atoms with Crippen LogP contribution in [-0.4, -0.2) is 29.6 Å². The molecule has 2 aromatic carbocycles. The topological polar surface area (TPSA) is 70.2 Å². The number of carbonyl (C=O) groups excluding carboxylic acids is 1. The molecule has 0 fully saturated rings. The van der Waals surface area contributed by atoms with Crippen LogP contribution in [-0.2, 0) is 13.0 Å². The molecule has 156 valence electrons. The Morgan fingerprint density at radius 1 is 1.19 bits per heavy atom. The fourth-order valence-electron chi connectivity index (χ4n) is 3.77. The molecule has 2 amide bonds. The van der Waals surface area contributed by atoms with Gasteiger partial charge >= 0.3 is 6.03 Å². The Morgan fingerprint density at radius 3 is 3.00 bits per heavy atom. The number of carbonyl (C=O) groups is 1. The second-order valence-corrected chi connectivity index (χ2v) is 8.36. The second kappa shape index (κ2) is 7.96. The Kier molecular flexibility index (Phi) is 4.99. The van der Waals surface area contributed by atoms with Crippen molar-refractivity contribution in [2.45, 2.75) is 13.0 Å². The molecule has 0 unspecified atom stereocenters. The molecule has 0 saturated carbocycles. The maximum atomic E-state index is 14.2. The zero-order valence-electron chi connectivity index (χ0n) is 16.9. The average molecular weight is 434 g/mol. The van der Waals surface area contributed by atoms with E-state index in [9.17, 15) is 9.18 Å². The van der Waals surface area contributed by atoms with Crippen molar-refractivity contribution < 1.29 is 9.18 Å². The van der Waals surface area contributed by atoms with Crippen molar-refractivity contribution >= 4 is 39.0 Å². The first kappa shape index (κ1) is 19.4. The van der Waals surface area contributed by atoms with E-state index in [1.807, 2.05) is 41.8 Å². The summed E-state index contributed by atoms with van der Waals surface area (Å²) >= 11 is 1.42. The third kappa shape index (κ3) is 3.82. The number of hydrogen-bond donors (Lipinski definition) is 2. The zero-order valence-corrected chi connectivity index (χ0v) is 17.7. The molecule has 0 spiro atoms. The van der Waals surface area contributed by atoms with E-state index in [4.69, 9.17) is 0 Å². The summed E-state index contributed by atoms with van der Waals surface area (Å²) < 4.78 is 14.9. The van der Waals surface area contributed by atoms with Gasteiger partial charge in [0, 0.05) is 31.8 Å². The first-order valence-electron chi connectivity index (χ1n) is 9.95. The van der Waals surface area contributed by atoms with Crippen molar-refractivity contribution in [1.82, 2.24) is 15.3 Å². The van der Waals surface area contributed by atoms with Gasteiger partial charge in [0.15, 0.2) is 0 Å². The molecule has 8 heteroatoms. The van der Waals surface area contributed by atoms with Gasteiger partial charge in [-0.05, 0) is 46.5 Å². The van der Waals surface area contributed by atoms with Crippen LogP contribution in [0.15, 0.2) is 54.2 Å². The fraction of sp³-hybridized carbons (Fsp3) is 0.174. The van der Waals surface area contributed by atoms with Gasteiger partial charge < -0.3 is 10.6 Å². The minimum absolute atomic E-state index is 0.119. The summed E-state index contributed by atoms with van der Waals surface area (Å²) in [5.74, 6) is 0.531. The van der Waals surface area contributed by atoms with Crippen molar-refractivity contribution in [2.24, 2.45) is 0 Å². The highest BCUT2D eigenvalue weighted by Gasteiger charge is 2.20. The molecule has 5 rings (SSSR count). The van der Waals surface area contributed by atoms with Gasteiger partial charge in [-0.3, -0.25) is 4.90 Å². The van der Waals surface area contributed by atoms with Gasteiger partial charge in [-0.25, -0.2) is 19.2 Å². The smallest absolute Gasteiger partial charge is 0.321 e. The monoisotopic (exact) mass is 433 g/mol. The molecule has 0 aliphatic carbocycles. The molecule has 0 atom stereocenters. The number of amides is 2. The summed E-state index contributed by atoms with van der Waals surface area (Å²) in [5, 5.41) is 8.98. The maximum absolute atomic E-state index is 14.2. The third-order valence-corrected chi connectivity index (χ3v) is 6.37. The highest BCUT2D eigenvalue weighted by atomic mass is 32.1. The van der Waals surface area contributed by atoms with Crippen LogP contribution < -0.4 is 15.5 Å². The van der Waals surface area contributed by atoms with E-state index in [0.29, 0.717) is 30.0 Å². The Labute approximate surface area is 182 Å². The van der Waals surface area contributed by atoms with E-state index >= 15 is 0 Å². The molecule has 0 bridgehead atoms. The lowest BCUT2D eigenvalue weighted by molar-refractivity contribution is 0.246. The summed E-state index contributed by atoms with van der Waals surface area (Å²) in [4.78, 5) is 22.2. The number of fused-ring (bicyclic) bond motifs is 2. The summed E-state index contributed by atoms with van der Waals surface area (Å²) in [6.45, 7) is 1.14. The molecule has 1 aliphatic rings. The van der Waals surface area contributed by atoms with Crippen LogP contribution >= 0.6 is 11.3 Å². The van der Waals surface area contributed by atoms with Gasteiger partial charge in [-0.15, -0.1) is 11.3 Å². The van der Waals surface area contributed by atoms with E-state index in [1.54, 1.807) is 18.0 Å². The number of anilines is 2. The van der Waals surface area contributed by atoms with E-state index in [-0.39, 0.29) is 11.8 Å². The van der Waals surface area contributed by atoms with Crippen LogP contribution in [0.1, 0.15) is 11.1 Å². The summed E-state index contributed by atoms with van der Waals surface area (Å²) in [6, 6.07) is 13.3. The van der Waals surface area contributed by atoms with Crippen LogP contribution in [0, 0.1) is 5.82 Å². The van der Waals surface area contributed by atoms with Gasteiger partial charge in [0.05, 0.1) is 16.1 Å². The van der Waals surface area contributed by atoms with Crippen LogP contribution in [0.2, 0.25) is 0 Å². The Morgan fingerprint density at radius 2 is 2.10 bits per heavy atom. The van der Waals surface area contributed by atoms with Crippen LogP contribution in [0.25, 0.3) is 21.3 Å². The minimum atomic E-state index is -0.169. The average Bonchev–Trinajstić information content (AvgIpc) is 3.26. The quantitative estimate of drug-likeness (QED) is 0.474. The SMILES string of the molecule is CN1C(=O)NCc2ccc(-c3cc(NCCc4cc(F)c5sccc5c4)ncn3)cc21. The molecule has 2 aromatic heterocycles. The molecule has 3 heterocycles. The van der Waals surface area contributed by atoms with Gasteiger partial charge in [0.1, 0.15) is 18.0 Å². The highest BCUT2D eigenvalue weighted by molar-refractivity contribution is 7.17. The van der Waals surface area contributed by atoms with E-state index in [1.165, 1.54) is 17.7 Å². The highest BCUT2D eigenvalue weighted by Crippen LogP contribution is 2.30. The van der Waals surface area contributed by atoms with Crippen molar-refractivity contribution in [1.29, 1.82) is 0 Å². The van der Waals surface area contributed by atoms with Crippen LogP contribution in [0.3, 0.4) is 0 Å². The predicted molar refractivity (Wildman–Crippen MR) is 122 cm³/mol. The Bertz CT molecular complexity index is 1290. The normalized spacial score (nSPS) is 13.2. The number of rotatable bonds is 5. The number of urea groups is 1. The predicted octanol–water partition coefficient (Wildman–Crippen LogP) is 4.81. The van der Waals surface area contributed by atoms with Gasteiger partial charge in [-0.1, -0.05) is 18.2 Å². The van der Waals surface area contributed by atoms with E-state index in [0.717, 1.165) is 33.5 Å². The maximum Gasteiger partial charge on any atom is 0.321 e. The van der Waals surface area contributed by atoms with Gasteiger partial charge in [0.25, 0.3) is 0 Å². The molecule has 0 radical (unpaired) electrons. The standard InChI is InChI=1S/C23H20FN5OS/c1-29-20-10-15(2-3-17(20)12-26-23(29)30)19-11-21(28-13-27-19)25-6-4-14-8-16-5-7-31-22(16)18(24)9-14/h2-3,5,7-11,13H,4,6,12H2,1H3,(H,26,30)(H,25,27,28). The number of halogens is 1. The van der Waals surface area contributed by atoms with Crippen molar-refractivity contribution in [3.63, 3.8) is 0 Å². The summed E-state index contributed by atoms with van der Waals surface area (Å²) in [5.41, 5.74) is 4.57. The molecule has 2 N–H and O–H groups in total. The molecule has 6 nitrogen and oxygen atoms in total. The molecule has 0 saturated heterocycles. The lowest BCUT2D eigenvalue weighted by atomic mass is 10.0. The van der Waals surface area contributed by atoms with Gasteiger partial charge in [-0.2, -0.15) is 0 Å². The molecular weight excluding hydrogens is 413 g/mol. The number of hydrogen-bond acceptors (Lipinski definition) is 5. The largest absolute Gasteiger partial charge is 0.370 e. The van der Waals surface area contributed by atoms with Crippen molar-refractivity contribution in [3.05, 3.63) is 71.1 Å². The van der Waals surface area contributed by atoms with E-state index in [2.05, 4.69) is 20.6 Å². The Hall–Kier alpha value is -3.52. The van der Waals surface area contributed by atoms with Gasteiger partial charge in [0.2, 0.25) is 0 Å². The molecule has 31 heavy (non-hydrogen) atoms. The van der Waals surface area contributed by atoms with Crippen molar-refractivity contribution in [3.8, 4) is 11.3 Å².